The van der Waals surface area contributed by atoms with Crippen LogP contribution in [0.1, 0.15) is 63.5 Å². The van der Waals surface area contributed by atoms with E-state index in [1.54, 1.807) is 13.8 Å². The number of carbonyl (C=O) groups excluding carboxylic acids is 4. The number of fused-ring (bicyclic) bond motifs is 3. The second kappa shape index (κ2) is 18.8. The van der Waals surface area contributed by atoms with E-state index < -0.39 is 54.4 Å². The van der Waals surface area contributed by atoms with Gasteiger partial charge in [-0.05, 0) is 47.9 Å². The molecule has 0 heterocycles. The lowest BCUT2D eigenvalue weighted by molar-refractivity contribution is -0.139. The van der Waals surface area contributed by atoms with Gasteiger partial charge in [0.1, 0.15) is 18.7 Å². The third-order valence-electron chi connectivity index (χ3n) is 8.16. The number of hydrogen-bond donors (Lipinski definition) is 6. The van der Waals surface area contributed by atoms with Gasteiger partial charge >= 0.3 is 18.0 Å². The second-order valence-corrected chi connectivity index (χ2v) is 11.7. The standard InChI is InChI=1S/C35H46N6O8/c1-4-21(3)31(33(46)39-22(19-29(42)43)16-17-30(44)48-5-2)41-32(45)28(15-10-18-38-34(36)37)40-35(47)49-20-27-25-13-8-6-11-23(25)24-12-7-9-14-26(24)27/h6-9,11-14,16-17,21-22,27-28,31H,4-5,10,15,18-20H2,1-3H3,(H,39,46)(H,40,47)(H,41,45)(H,42,43)(H4,36,37,38)/b17-16+/t21?,22-,28+,31-/m1/s1. The normalized spacial score (nSPS) is 14.3. The van der Waals surface area contributed by atoms with Crippen molar-refractivity contribution in [2.75, 3.05) is 19.8 Å². The van der Waals surface area contributed by atoms with Gasteiger partial charge in [0.25, 0.3) is 0 Å². The quantitative estimate of drug-likeness (QED) is 0.0444. The molecule has 14 heteroatoms. The molecule has 3 amide bonds. The summed E-state index contributed by atoms with van der Waals surface area (Å²) in [6.45, 7) is 5.55. The first-order valence-electron chi connectivity index (χ1n) is 16.3. The Morgan fingerprint density at radius 1 is 0.918 bits per heavy atom. The fourth-order valence-electron chi connectivity index (χ4n) is 5.52. The number of rotatable bonds is 18. The van der Waals surface area contributed by atoms with Gasteiger partial charge in [-0.25, -0.2) is 9.59 Å². The Bertz CT molecular complexity index is 1490. The minimum absolute atomic E-state index is 0.0321. The highest BCUT2D eigenvalue weighted by molar-refractivity contribution is 5.92. The van der Waals surface area contributed by atoms with Gasteiger partial charge in [-0.15, -0.1) is 0 Å². The Kier molecular flexibility index (Phi) is 14.6. The lowest BCUT2D eigenvalue weighted by atomic mass is 9.97. The third-order valence-corrected chi connectivity index (χ3v) is 8.16. The number of alkyl carbamates (subject to hydrolysis) is 1. The number of nitrogens with zero attached hydrogens (tertiary/aromatic N) is 1. The number of amides is 3. The van der Waals surface area contributed by atoms with Crippen molar-refractivity contribution >= 4 is 35.8 Å². The summed E-state index contributed by atoms with van der Waals surface area (Å²) < 4.78 is 10.5. The van der Waals surface area contributed by atoms with Crippen LogP contribution in [0.15, 0.2) is 65.7 Å². The molecule has 0 saturated carbocycles. The van der Waals surface area contributed by atoms with Crippen molar-refractivity contribution in [3.05, 3.63) is 71.8 Å². The molecule has 264 valence electrons. The van der Waals surface area contributed by atoms with Crippen LogP contribution in [0.25, 0.3) is 11.1 Å². The van der Waals surface area contributed by atoms with Crippen LogP contribution in [-0.2, 0) is 28.7 Å². The van der Waals surface area contributed by atoms with Gasteiger partial charge in [0.15, 0.2) is 5.96 Å². The molecule has 0 fully saturated rings. The molecule has 0 bridgehead atoms. The first-order valence-corrected chi connectivity index (χ1v) is 16.3. The number of aliphatic carboxylic acids is 1. The van der Waals surface area contributed by atoms with Crippen LogP contribution in [0, 0.1) is 5.92 Å². The zero-order valence-corrected chi connectivity index (χ0v) is 28.0. The minimum Gasteiger partial charge on any atom is -0.481 e. The molecule has 2 aromatic carbocycles. The summed E-state index contributed by atoms with van der Waals surface area (Å²) in [7, 11) is 0. The second-order valence-electron chi connectivity index (χ2n) is 11.7. The van der Waals surface area contributed by atoms with Crippen molar-refractivity contribution < 1.29 is 38.6 Å². The number of benzene rings is 2. The van der Waals surface area contributed by atoms with Gasteiger partial charge < -0.3 is 42.0 Å². The van der Waals surface area contributed by atoms with Gasteiger partial charge in [-0.2, -0.15) is 0 Å². The first kappa shape index (κ1) is 38.1. The topological polar surface area (TPSA) is 225 Å². The van der Waals surface area contributed by atoms with Gasteiger partial charge in [0.2, 0.25) is 11.8 Å². The number of carbonyl (C=O) groups is 5. The maximum Gasteiger partial charge on any atom is 0.407 e. The summed E-state index contributed by atoms with van der Waals surface area (Å²) in [5.41, 5.74) is 15.1. The van der Waals surface area contributed by atoms with Crippen molar-refractivity contribution in [1.82, 2.24) is 16.0 Å². The van der Waals surface area contributed by atoms with Crippen molar-refractivity contribution in [2.24, 2.45) is 22.4 Å². The molecule has 2 aromatic rings. The number of esters is 1. The molecule has 8 N–H and O–H groups in total. The molecule has 0 aromatic heterocycles. The Morgan fingerprint density at radius 3 is 2.12 bits per heavy atom. The highest BCUT2D eigenvalue weighted by Crippen LogP contribution is 2.44. The van der Waals surface area contributed by atoms with Crippen LogP contribution in [0.4, 0.5) is 4.79 Å². The highest BCUT2D eigenvalue weighted by atomic mass is 16.5. The molecule has 1 unspecified atom stereocenters. The molecule has 14 nitrogen and oxygen atoms in total. The number of hydrogen-bond acceptors (Lipinski definition) is 8. The number of nitrogens with two attached hydrogens (primary N) is 2. The molecule has 3 rings (SSSR count). The predicted octanol–water partition coefficient (Wildman–Crippen LogP) is 2.56. The highest BCUT2D eigenvalue weighted by Gasteiger charge is 2.32. The smallest absolute Gasteiger partial charge is 0.407 e. The van der Waals surface area contributed by atoms with Crippen LogP contribution >= 0.6 is 0 Å². The third kappa shape index (κ3) is 11.4. The summed E-state index contributed by atoms with van der Waals surface area (Å²) in [6, 6.07) is 12.5. The Balaban J connectivity index is 1.74. The average molecular weight is 679 g/mol. The Hall–Kier alpha value is -5.40. The van der Waals surface area contributed by atoms with E-state index in [2.05, 4.69) is 20.9 Å². The fraction of sp³-hybridized carbons (Fsp3) is 0.429. The number of carboxylic acids is 1. The Labute approximate surface area is 285 Å². The average Bonchev–Trinajstić information content (AvgIpc) is 3.39. The van der Waals surface area contributed by atoms with E-state index in [1.807, 2.05) is 55.5 Å². The lowest BCUT2D eigenvalue weighted by Crippen LogP contribution is -2.57. The molecule has 49 heavy (non-hydrogen) atoms. The zero-order valence-electron chi connectivity index (χ0n) is 28.0. The fourth-order valence-corrected chi connectivity index (χ4v) is 5.52. The number of carboxylic acid groups (broad SMARTS) is 1. The first-order chi connectivity index (χ1) is 23.4. The number of nitrogens with one attached hydrogen (secondary N) is 3. The van der Waals surface area contributed by atoms with E-state index in [-0.39, 0.29) is 44.0 Å². The van der Waals surface area contributed by atoms with Crippen molar-refractivity contribution in [2.45, 2.75) is 70.5 Å². The Morgan fingerprint density at radius 2 is 1.55 bits per heavy atom. The van der Waals surface area contributed by atoms with Gasteiger partial charge in [0, 0.05) is 18.5 Å². The number of guanidine groups is 1. The van der Waals surface area contributed by atoms with E-state index in [4.69, 9.17) is 20.9 Å². The summed E-state index contributed by atoms with van der Waals surface area (Å²) in [5.74, 6) is -3.93. The lowest BCUT2D eigenvalue weighted by Gasteiger charge is -2.27. The van der Waals surface area contributed by atoms with Gasteiger partial charge in [0.05, 0.1) is 19.1 Å². The molecule has 0 radical (unpaired) electrons. The maximum atomic E-state index is 13.7. The van der Waals surface area contributed by atoms with Gasteiger partial charge in [-0.1, -0.05) is 74.9 Å². The van der Waals surface area contributed by atoms with Crippen LogP contribution in [0.3, 0.4) is 0 Å². The van der Waals surface area contributed by atoms with Crippen LogP contribution in [0.2, 0.25) is 0 Å². The van der Waals surface area contributed by atoms with Crippen LogP contribution in [0.5, 0.6) is 0 Å². The minimum atomic E-state index is -1.21. The zero-order chi connectivity index (χ0) is 35.9. The van der Waals surface area contributed by atoms with Gasteiger partial charge in [-0.3, -0.25) is 19.4 Å². The largest absolute Gasteiger partial charge is 0.481 e. The molecule has 4 atom stereocenters. The van der Waals surface area contributed by atoms with Crippen molar-refractivity contribution in [3.63, 3.8) is 0 Å². The number of aliphatic imine (C=N–C) groups is 1. The molecule has 0 aliphatic heterocycles. The summed E-state index contributed by atoms with van der Waals surface area (Å²) in [6.07, 6.45) is 1.85. The van der Waals surface area contributed by atoms with E-state index in [0.717, 1.165) is 28.3 Å². The molecular weight excluding hydrogens is 632 g/mol. The number of ether oxygens (including phenoxy) is 2. The van der Waals surface area contributed by atoms with Crippen molar-refractivity contribution in [3.8, 4) is 11.1 Å². The summed E-state index contributed by atoms with van der Waals surface area (Å²) >= 11 is 0. The molecule has 0 saturated heterocycles. The molecule has 1 aliphatic rings. The van der Waals surface area contributed by atoms with E-state index >= 15 is 0 Å². The molecule has 0 spiro atoms. The molecular formula is C35H46N6O8. The summed E-state index contributed by atoms with van der Waals surface area (Å²) in [5, 5.41) is 17.3. The predicted molar refractivity (Wildman–Crippen MR) is 183 cm³/mol. The van der Waals surface area contributed by atoms with E-state index in [1.165, 1.54) is 6.08 Å². The monoisotopic (exact) mass is 678 g/mol. The summed E-state index contributed by atoms with van der Waals surface area (Å²) in [4.78, 5) is 67.5. The van der Waals surface area contributed by atoms with E-state index in [0.29, 0.717) is 12.8 Å². The van der Waals surface area contributed by atoms with Crippen LogP contribution < -0.4 is 27.4 Å². The maximum absolute atomic E-state index is 13.7. The van der Waals surface area contributed by atoms with E-state index in [9.17, 15) is 29.1 Å². The van der Waals surface area contributed by atoms with Crippen LogP contribution in [-0.4, -0.2) is 78.8 Å². The SMILES string of the molecule is CCOC(=O)/C=C/[C@H](CC(=O)O)NC(=O)[C@H](NC(=O)[C@H](CCCN=C(N)N)NC(=O)OCC1c2ccccc2-c2ccccc21)C(C)CC. The van der Waals surface area contributed by atoms with Crippen molar-refractivity contribution in [1.29, 1.82) is 0 Å². The molecule has 1 aliphatic carbocycles.